The summed E-state index contributed by atoms with van der Waals surface area (Å²) in [4.78, 5) is 32.0. The Bertz CT molecular complexity index is 835. The van der Waals surface area contributed by atoms with Gasteiger partial charge in [0.1, 0.15) is 0 Å². The van der Waals surface area contributed by atoms with Crippen LogP contribution in [0.3, 0.4) is 0 Å². The summed E-state index contributed by atoms with van der Waals surface area (Å²) in [5, 5.41) is 3.08. The van der Waals surface area contributed by atoms with Gasteiger partial charge in [0.15, 0.2) is 0 Å². The molecular weight excluding hydrogens is 366 g/mol. The van der Waals surface area contributed by atoms with Crippen LogP contribution < -0.4 is 5.32 Å². The summed E-state index contributed by atoms with van der Waals surface area (Å²) < 4.78 is 5.56. The normalized spacial score (nSPS) is 20.6. The van der Waals surface area contributed by atoms with Gasteiger partial charge in [0, 0.05) is 50.7 Å². The van der Waals surface area contributed by atoms with Gasteiger partial charge in [-0.05, 0) is 36.1 Å². The molecule has 152 valence electrons. The Hall–Kier alpha value is -2.73. The Labute approximate surface area is 171 Å². The molecule has 6 nitrogen and oxygen atoms in total. The first kappa shape index (κ1) is 19.6. The molecule has 4 rings (SSSR count). The number of carbonyl (C=O) groups is 2. The second-order valence-electron chi connectivity index (χ2n) is 8.04. The molecule has 0 aliphatic carbocycles. The number of nitrogens with zero attached hydrogens (tertiary/aromatic N) is 2. The number of aromatic nitrogens is 1. The number of likely N-dealkylation sites (tertiary alicyclic amines) is 1. The van der Waals surface area contributed by atoms with Gasteiger partial charge < -0.3 is 15.0 Å². The molecule has 1 unspecified atom stereocenters. The number of ether oxygens (including phenoxy) is 1. The molecule has 29 heavy (non-hydrogen) atoms. The molecule has 0 bridgehead atoms. The van der Waals surface area contributed by atoms with E-state index in [0.29, 0.717) is 39.3 Å². The van der Waals surface area contributed by atoms with Crippen molar-refractivity contribution in [2.24, 2.45) is 11.3 Å². The predicted octanol–water partition coefficient (Wildman–Crippen LogP) is 2.20. The van der Waals surface area contributed by atoms with Crippen LogP contribution in [0.2, 0.25) is 0 Å². The van der Waals surface area contributed by atoms with E-state index in [1.165, 1.54) is 0 Å². The molecule has 1 aromatic carbocycles. The van der Waals surface area contributed by atoms with E-state index in [1.54, 1.807) is 12.4 Å². The Balaban J connectivity index is 1.45. The molecule has 0 saturated carbocycles. The van der Waals surface area contributed by atoms with Gasteiger partial charge in [0.2, 0.25) is 11.8 Å². The number of hydrogen-bond donors (Lipinski definition) is 1. The van der Waals surface area contributed by atoms with Crippen molar-refractivity contribution in [3.63, 3.8) is 0 Å². The average Bonchev–Trinajstić information content (AvgIpc) is 3.13. The topological polar surface area (TPSA) is 71.5 Å². The first-order chi connectivity index (χ1) is 14.2. The Morgan fingerprint density at radius 2 is 1.79 bits per heavy atom. The van der Waals surface area contributed by atoms with Gasteiger partial charge >= 0.3 is 0 Å². The van der Waals surface area contributed by atoms with Gasteiger partial charge in [-0.15, -0.1) is 0 Å². The van der Waals surface area contributed by atoms with Gasteiger partial charge in [0.05, 0.1) is 12.3 Å². The van der Waals surface area contributed by atoms with Crippen molar-refractivity contribution in [1.29, 1.82) is 0 Å². The van der Waals surface area contributed by atoms with E-state index < -0.39 is 0 Å². The van der Waals surface area contributed by atoms with Crippen molar-refractivity contribution in [2.75, 3.05) is 26.3 Å². The fraction of sp³-hybridized carbons (Fsp3) is 0.435. The molecule has 2 amide bonds. The summed E-state index contributed by atoms with van der Waals surface area (Å²) in [5.74, 6) is -0.0850. The van der Waals surface area contributed by atoms with Gasteiger partial charge in [0.25, 0.3) is 0 Å². The number of hydrogen-bond acceptors (Lipinski definition) is 4. The molecule has 2 fully saturated rings. The molecule has 2 aromatic rings. The average molecular weight is 393 g/mol. The molecule has 0 radical (unpaired) electrons. The van der Waals surface area contributed by atoms with Crippen molar-refractivity contribution < 1.29 is 14.3 Å². The lowest BCUT2D eigenvalue weighted by Crippen LogP contribution is -2.44. The monoisotopic (exact) mass is 393 g/mol. The first-order valence-corrected chi connectivity index (χ1v) is 10.2. The SMILES string of the molecule is O=C(NCc1ccncc1)C1CN(C(=O)Cc2ccccc2)CC12CCOCC2. The summed E-state index contributed by atoms with van der Waals surface area (Å²) in [6.45, 7) is 2.88. The lowest BCUT2D eigenvalue weighted by Gasteiger charge is -2.37. The molecule has 1 N–H and O–H groups in total. The van der Waals surface area contributed by atoms with Crippen LogP contribution in [0.5, 0.6) is 0 Å². The maximum absolute atomic E-state index is 13.1. The van der Waals surface area contributed by atoms with E-state index in [1.807, 2.05) is 47.4 Å². The fourth-order valence-corrected chi connectivity index (χ4v) is 4.50. The van der Waals surface area contributed by atoms with Gasteiger partial charge in [-0.3, -0.25) is 14.6 Å². The number of carbonyl (C=O) groups excluding carboxylic acids is 2. The molecule has 3 heterocycles. The highest BCUT2D eigenvalue weighted by molar-refractivity contribution is 5.84. The third-order valence-electron chi connectivity index (χ3n) is 6.22. The van der Waals surface area contributed by atoms with Crippen molar-refractivity contribution in [3.05, 3.63) is 66.0 Å². The molecule has 2 aliphatic heterocycles. The van der Waals surface area contributed by atoms with Crippen LogP contribution in [0.15, 0.2) is 54.9 Å². The number of amides is 2. The van der Waals surface area contributed by atoms with Crippen LogP contribution in [-0.4, -0.2) is 48.0 Å². The second-order valence-corrected chi connectivity index (χ2v) is 8.04. The third-order valence-corrected chi connectivity index (χ3v) is 6.22. The summed E-state index contributed by atoms with van der Waals surface area (Å²) in [7, 11) is 0. The molecule has 1 aromatic heterocycles. The standard InChI is InChI=1S/C23H27N3O3/c27-21(14-18-4-2-1-3-5-18)26-16-20(23(17-26)8-12-29-13-9-23)22(28)25-15-19-6-10-24-11-7-19/h1-7,10-11,20H,8-9,12-17H2,(H,25,28). The van der Waals surface area contributed by atoms with Gasteiger partial charge in [-0.2, -0.15) is 0 Å². The van der Waals surface area contributed by atoms with E-state index >= 15 is 0 Å². The van der Waals surface area contributed by atoms with Crippen LogP contribution in [0.1, 0.15) is 24.0 Å². The molecule has 6 heteroatoms. The predicted molar refractivity (Wildman–Crippen MR) is 109 cm³/mol. The molecule has 2 aliphatic rings. The lowest BCUT2D eigenvalue weighted by molar-refractivity contribution is -0.130. The zero-order valence-corrected chi connectivity index (χ0v) is 16.5. The smallest absolute Gasteiger partial charge is 0.227 e. The summed E-state index contributed by atoms with van der Waals surface area (Å²) in [6.07, 6.45) is 5.45. The second kappa shape index (κ2) is 8.74. The molecule has 1 atom stereocenters. The highest BCUT2D eigenvalue weighted by atomic mass is 16.5. The zero-order chi connectivity index (χ0) is 20.1. The number of nitrogens with one attached hydrogen (secondary N) is 1. The van der Waals surface area contributed by atoms with E-state index in [-0.39, 0.29) is 23.1 Å². The number of benzene rings is 1. The maximum atomic E-state index is 13.1. The minimum atomic E-state index is -0.201. The van der Waals surface area contributed by atoms with Crippen LogP contribution in [0, 0.1) is 11.3 Å². The van der Waals surface area contributed by atoms with E-state index in [9.17, 15) is 9.59 Å². The van der Waals surface area contributed by atoms with Crippen molar-refractivity contribution in [1.82, 2.24) is 15.2 Å². The largest absolute Gasteiger partial charge is 0.381 e. The molecular formula is C23H27N3O3. The van der Waals surface area contributed by atoms with E-state index in [4.69, 9.17) is 4.74 Å². The molecule has 2 saturated heterocycles. The number of pyridine rings is 1. The van der Waals surface area contributed by atoms with E-state index in [0.717, 1.165) is 24.0 Å². The lowest BCUT2D eigenvalue weighted by atomic mass is 9.71. The van der Waals surface area contributed by atoms with Gasteiger partial charge in [-0.25, -0.2) is 0 Å². The van der Waals surface area contributed by atoms with Crippen molar-refractivity contribution >= 4 is 11.8 Å². The fourth-order valence-electron chi connectivity index (χ4n) is 4.50. The third kappa shape index (κ3) is 4.48. The first-order valence-electron chi connectivity index (χ1n) is 10.2. The quantitative estimate of drug-likeness (QED) is 0.845. The summed E-state index contributed by atoms with van der Waals surface area (Å²) in [5.41, 5.74) is 1.83. The Morgan fingerprint density at radius 1 is 1.07 bits per heavy atom. The van der Waals surface area contributed by atoms with Crippen molar-refractivity contribution in [2.45, 2.75) is 25.8 Å². The van der Waals surface area contributed by atoms with Crippen LogP contribution in [0.4, 0.5) is 0 Å². The minimum absolute atomic E-state index is 0.0266. The van der Waals surface area contributed by atoms with Crippen LogP contribution in [0.25, 0.3) is 0 Å². The zero-order valence-electron chi connectivity index (χ0n) is 16.5. The minimum Gasteiger partial charge on any atom is -0.381 e. The Kier molecular flexibility index (Phi) is 5.90. The van der Waals surface area contributed by atoms with Crippen LogP contribution in [-0.2, 0) is 27.3 Å². The van der Waals surface area contributed by atoms with Gasteiger partial charge in [-0.1, -0.05) is 30.3 Å². The number of rotatable bonds is 5. The molecule has 1 spiro atoms. The summed E-state index contributed by atoms with van der Waals surface area (Å²) >= 11 is 0. The van der Waals surface area contributed by atoms with Crippen LogP contribution >= 0.6 is 0 Å². The highest BCUT2D eigenvalue weighted by Gasteiger charge is 2.51. The van der Waals surface area contributed by atoms with E-state index in [2.05, 4.69) is 10.3 Å². The summed E-state index contributed by atoms with van der Waals surface area (Å²) in [6, 6.07) is 13.6. The van der Waals surface area contributed by atoms with Crippen molar-refractivity contribution in [3.8, 4) is 0 Å². The highest BCUT2D eigenvalue weighted by Crippen LogP contribution is 2.44. The Morgan fingerprint density at radius 3 is 2.52 bits per heavy atom. The maximum Gasteiger partial charge on any atom is 0.227 e.